The fourth-order valence-electron chi connectivity index (χ4n) is 2.59. The number of rotatable bonds is 4. The Balaban J connectivity index is 2.45. The van der Waals surface area contributed by atoms with Gasteiger partial charge in [-0.15, -0.1) is 0 Å². The molecule has 0 radical (unpaired) electrons. The number of nitrogens with zero attached hydrogens (tertiary/aromatic N) is 1. The minimum absolute atomic E-state index is 0.174. The van der Waals surface area contributed by atoms with Gasteiger partial charge in [0.2, 0.25) is 10.0 Å². The molecule has 0 atom stereocenters. The van der Waals surface area contributed by atoms with Gasteiger partial charge in [0.05, 0.1) is 4.90 Å². The molecule has 5 heteroatoms. The van der Waals surface area contributed by atoms with E-state index in [1.54, 1.807) is 11.4 Å². The summed E-state index contributed by atoms with van der Waals surface area (Å²) in [5.41, 5.74) is 2.55. The lowest BCUT2D eigenvalue weighted by atomic mass is 9.94. The highest BCUT2D eigenvalue weighted by atomic mass is 32.2. The molecule has 4 nitrogen and oxygen atoms in total. The van der Waals surface area contributed by atoms with Crippen LogP contribution in [0.4, 0.5) is 5.69 Å². The fourth-order valence-corrected chi connectivity index (χ4v) is 4.41. The molecule has 1 saturated carbocycles. The van der Waals surface area contributed by atoms with E-state index in [9.17, 15) is 8.42 Å². The lowest BCUT2D eigenvalue weighted by molar-refractivity contribution is 0.249. The van der Waals surface area contributed by atoms with E-state index in [0.29, 0.717) is 4.90 Å². The minimum Gasteiger partial charge on any atom is -0.388 e. The lowest BCUT2D eigenvalue weighted by Crippen LogP contribution is -2.41. The van der Waals surface area contributed by atoms with Crippen molar-refractivity contribution in [1.29, 1.82) is 0 Å². The maximum Gasteiger partial charge on any atom is 0.243 e. The number of nitrogens with one attached hydrogen (secondary N) is 1. The maximum atomic E-state index is 12.7. The highest BCUT2D eigenvalue weighted by molar-refractivity contribution is 7.89. The second-order valence-corrected chi connectivity index (χ2v) is 7.23. The van der Waals surface area contributed by atoms with Crippen molar-refractivity contribution in [3.8, 4) is 0 Å². The van der Waals surface area contributed by atoms with Crippen LogP contribution in [0.2, 0.25) is 0 Å². The highest BCUT2D eigenvalue weighted by Gasteiger charge is 2.33. The van der Waals surface area contributed by atoms with E-state index >= 15 is 0 Å². The van der Waals surface area contributed by atoms with Crippen molar-refractivity contribution in [2.24, 2.45) is 0 Å². The first-order valence-corrected chi connectivity index (χ1v) is 8.09. The van der Waals surface area contributed by atoms with E-state index in [0.717, 1.165) is 36.1 Å². The van der Waals surface area contributed by atoms with Crippen LogP contribution in [0.1, 0.15) is 30.4 Å². The third kappa shape index (κ3) is 2.49. The molecule has 1 aliphatic carbocycles. The normalized spacial score (nSPS) is 16.5. The second-order valence-electron chi connectivity index (χ2n) is 5.30. The summed E-state index contributed by atoms with van der Waals surface area (Å²) >= 11 is 0. The Hall–Kier alpha value is -1.07. The molecule has 0 aliphatic heterocycles. The Kier molecular flexibility index (Phi) is 3.87. The zero-order valence-electron chi connectivity index (χ0n) is 12.0. The number of anilines is 1. The Bertz CT molecular complexity index is 554. The van der Waals surface area contributed by atoms with Crippen LogP contribution in [0.5, 0.6) is 0 Å². The average Bonchev–Trinajstić information content (AvgIpc) is 2.25. The van der Waals surface area contributed by atoms with Gasteiger partial charge in [-0.25, -0.2) is 8.42 Å². The van der Waals surface area contributed by atoms with Crippen LogP contribution in [-0.2, 0) is 10.0 Å². The molecule has 0 unspecified atom stereocenters. The molecule has 0 heterocycles. The van der Waals surface area contributed by atoms with Crippen molar-refractivity contribution in [2.45, 2.75) is 44.0 Å². The number of sulfonamides is 1. The van der Waals surface area contributed by atoms with E-state index in [-0.39, 0.29) is 6.04 Å². The monoisotopic (exact) mass is 282 g/mol. The summed E-state index contributed by atoms with van der Waals surface area (Å²) in [5, 5.41) is 3.05. The minimum atomic E-state index is -3.38. The molecule has 1 fully saturated rings. The van der Waals surface area contributed by atoms with Crippen LogP contribution >= 0.6 is 0 Å². The molecule has 1 aromatic carbocycles. The van der Waals surface area contributed by atoms with E-state index in [1.165, 1.54) is 0 Å². The van der Waals surface area contributed by atoms with Crippen molar-refractivity contribution in [2.75, 3.05) is 19.4 Å². The number of aryl methyl sites for hydroxylation is 2. The lowest BCUT2D eigenvalue weighted by Gasteiger charge is -2.34. The molecule has 0 amide bonds. The molecule has 2 rings (SSSR count). The van der Waals surface area contributed by atoms with E-state index in [2.05, 4.69) is 5.32 Å². The number of benzene rings is 1. The second kappa shape index (κ2) is 5.13. The molecule has 1 aliphatic rings. The summed E-state index contributed by atoms with van der Waals surface area (Å²) in [7, 11) is 0.155. The number of hydrogen-bond donors (Lipinski definition) is 1. The van der Waals surface area contributed by atoms with Crippen molar-refractivity contribution in [1.82, 2.24) is 4.31 Å². The van der Waals surface area contributed by atoms with Crippen LogP contribution in [0.3, 0.4) is 0 Å². The Morgan fingerprint density at radius 2 is 1.74 bits per heavy atom. The molecule has 106 valence electrons. The third-order valence-electron chi connectivity index (χ3n) is 3.98. The zero-order valence-corrected chi connectivity index (χ0v) is 12.8. The first-order chi connectivity index (χ1) is 8.87. The molecule has 19 heavy (non-hydrogen) atoms. The summed E-state index contributed by atoms with van der Waals surface area (Å²) in [5.74, 6) is 0. The molecular formula is C14H22N2O2S. The first kappa shape index (κ1) is 14.3. The van der Waals surface area contributed by atoms with Crippen LogP contribution in [0.15, 0.2) is 17.0 Å². The SMILES string of the molecule is CNc1cc(C)c(S(=O)(=O)N(C)C2CCC2)c(C)c1. The topological polar surface area (TPSA) is 49.4 Å². The van der Waals surface area contributed by atoms with Crippen LogP contribution in [0, 0.1) is 13.8 Å². The predicted octanol–water partition coefficient (Wildman–Crippen LogP) is 2.52. The van der Waals surface area contributed by atoms with E-state index < -0.39 is 10.0 Å². The predicted molar refractivity (Wildman–Crippen MR) is 78.1 cm³/mol. The quantitative estimate of drug-likeness (QED) is 0.923. The van der Waals surface area contributed by atoms with Gasteiger partial charge in [0, 0.05) is 25.8 Å². The van der Waals surface area contributed by atoms with Crippen LogP contribution in [-0.4, -0.2) is 32.9 Å². The molecule has 1 N–H and O–H groups in total. The Labute approximate surface area is 115 Å². The van der Waals surface area contributed by atoms with Gasteiger partial charge in [0.25, 0.3) is 0 Å². The van der Waals surface area contributed by atoms with Gasteiger partial charge in [-0.05, 0) is 49.9 Å². The Morgan fingerprint density at radius 1 is 1.21 bits per heavy atom. The van der Waals surface area contributed by atoms with Crippen LogP contribution in [0.25, 0.3) is 0 Å². The van der Waals surface area contributed by atoms with Gasteiger partial charge >= 0.3 is 0 Å². The van der Waals surface area contributed by atoms with Crippen molar-refractivity contribution >= 4 is 15.7 Å². The van der Waals surface area contributed by atoms with Gasteiger partial charge in [-0.1, -0.05) is 6.42 Å². The van der Waals surface area contributed by atoms with Gasteiger partial charge in [0.15, 0.2) is 0 Å². The highest BCUT2D eigenvalue weighted by Crippen LogP contribution is 2.32. The summed E-state index contributed by atoms with van der Waals surface area (Å²) in [4.78, 5) is 0.459. The Morgan fingerprint density at radius 3 is 2.11 bits per heavy atom. The number of hydrogen-bond acceptors (Lipinski definition) is 3. The summed E-state index contributed by atoms with van der Waals surface area (Å²) in [6.45, 7) is 3.71. The molecule has 0 bridgehead atoms. The zero-order chi connectivity index (χ0) is 14.2. The van der Waals surface area contributed by atoms with Crippen LogP contribution < -0.4 is 5.32 Å². The van der Waals surface area contributed by atoms with Gasteiger partial charge in [-0.3, -0.25) is 0 Å². The maximum absolute atomic E-state index is 12.7. The fraction of sp³-hybridized carbons (Fsp3) is 0.571. The van der Waals surface area contributed by atoms with Crippen molar-refractivity contribution < 1.29 is 8.42 Å². The molecule has 0 saturated heterocycles. The average molecular weight is 282 g/mol. The van der Waals surface area contributed by atoms with E-state index in [1.807, 2.05) is 33.0 Å². The summed E-state index contributed by atoms with van der Waals surface area (Å²) in [6, 6.07) is 3.94. The van der Waals surface area contributed by atoms with Gasteiger partial charge in [0.1, 0.15) is 0 Å². The van der Waals surface area contributed by atoms with Gasteiger partial charge in [-0.2, -0.15) is 4.31 Å². The summed E-state index contributed by atoms with van der Waals surface area (Å²) < 4.78 is 27.0. The largest absolute Gasteiger partial charge is 0.388 e. The van der Waals surface area contributed by atoms with Crippen molar-refractivity contribution in [3.05, 3.63) is 23.3 Å². The summed E-state index contributed by atoms with van der Waals surface area (Å²) in [6.07, 6.45) is 3.08. The van der Waals surface area contributed by atoms with E-state index in [4.69, 9.17) is 0 Å². The van der Waals surface area contributed by atoms with Gasteiger partial charge < -0.3 is 5.32 Å². The smallest absolute Gasteiger partial charge is 0.243 e. The molecular weight excluding hydrogens is 260 g/mol. The standard InChI is InChI=1S/C14H22N2O2S/c1-10-8-12(15-3)9-11(2)14(10)19(17,18)16(4)13-6-5-7-13/h8-9,13,15H,5-7H2,1-4H3. The molecule has 0 spiro atoms. The molecule has 0 aromatic heterocycles. The first-order valence-electron chi connectivity index (χ1n) is 6.65. The third-order valence-corrected chi connectivity index (χ3v) is 6.19. The molecule has 1 aromatic rings. The van der Waals surface area contributed by atoms with Crippen molar-refractivity contribution in [3.63, 3.8) is 0 Å².